The molecule has 0 spiro atoms. The first-order chi connectivity index (χ1) is 13.7. The first-order valence-electron chi connectivity index (χ1n) is 8.78. The van der Waals surface area contributed by atoms with Gasteiger partial charge in [0.2, 0.25) is 5.82 Å². The first-order valence-corrected chi connectivity index (χ1v) is 8.78. The van der Waals surface area contributed by atoms with E-state index < -0.39 is 6.10 Å². The third kappa shape index (κ3) is 3.94. The van der Waals surface area contributed by atoms with Crippen molar-refractivity contribution in [2.75, 3.05) is 32.1 Å². The molecule has 28 heavy (non-hydrogen) atoms. The van der Waals surface area contributed by atoms with Gasteiger partial charge in [0.15, 0.2) is 0 Å². The van der Waals surface area contributed by atoms with Gasteiger partial charge in [0.05, 0.1) is 32.1 Å². The van der Waals surface area contributed by atoms with Gasteiger partial charge in [-0.2, -0.15) is 4.98 Å². The molecule has 3 heterocycles. The van der Waals surface area contributed by atoms with Crippen LogP contribution in [0.15, 0.2) is 53.3 Å². The van der Waals surface area contributed by atoms with Gasteiger partial charge in [-0.25, -0.2) is 4.79 Å². The van der Waals surface area contributed by atoms with Gasteiger partial charge < -0.3 is 24.2 Å². The van der Waals surface area contributed by atoms with Crippen LogP contribution in [0.5, 0.6) is 5.75 Å². The van der Waals surface area contributed by atoms with Crippen molar-refractivity contribution in [1.82, 2.24) is 20.0 Å². The van der Waals surface area contributed by atoms with E-state index in [0.29, 0.717) is 37.1 Å². The predicted molar refractivity (Wildman–Crippen MR) is 99.8 cm³/mol. The molecule has 3 aromatic rings. The zero-order chi connectivity index (χ0) is 19.3. The fourth-order valence-corrected chi connectivity index (χ4v) is 2.85. The number of amides is 2. The van der Waals surface area contributed by atoms with E-state index in [1.807, 2.05) is 24.3 Å². The molecular formula is C19H19N5O4. The van der Waals surface area contributed by atoms with E-state index in [-0.39, 0.29) is 6.03 Å². The second-order valence-corrected chi connectivity index (χ2v) is 6.16. The van der Waals surface area contributed by atoms with Gasteiger partial charge in [0, 0.05) is 18.3 Å². The number of aromatic nitrogens is 3. The molecule has 2 amide bonds. The third-order valence-electron chi connectivity index (χ3n) is 4.33. The van der Waals surface area contributed by atoms with Gasteiger partial charge in [-0.05, 0) is 36.4 Å². The van der Waals surface area contributed by atoms with Gasteiger partial charge in [-0.1, -0.05) is 5.16 Å². The lowest BCUT2D eigenvalue weighted by atomic mass is 10.2. The van der Waals surface area contributed by atoms with Crippen LogP contribution >= 0.6 is 0 Å². The number of morpholine rings is 1. The second kappa shape index (κ2) is 8.05. The molecule has 1 unspecified atom stereocenters. The molecule has 1 aromatic carbocycles. The minimum Gasteiger partial charge on any atom is -0.497 e. The molecule has 0 aliphatic carbocycles. The number of nitrogens with zero attached hydrogens (tertiary/aromatic N) is 4. The lowest BCUT2D eigenvalue weighted by Gasteiger charge is -2.31. The highest BCUT2D eigenvalue weighted by molar-refractivity contribution is 5.89. The minimum atomic E-state index is -0.454. The maximum Gasteiger partial charge on any atom is 0.322 e. The smallest absolute Gasteiger partial charge is 0.322 e. The number of nitrogens with one attached hydrogen (secondary N) is 1. The average Bonchev–Trinajstić information content (AvgIpc) is 3.25. The van der Waals surface area contributed by atoms with Crippen LogP contribution in [-0.4, -0.2) is 52.9 Å². The van der Waals surface area contributed by atoms with Crippen LogP contribution in [0.1, 0.15) is 11.9 Å². The van der Waals surface area contributed by atoms with E-state index in [4.69, 9.17) is 14.0 Å². The van der Waals surface area contributed by atoms with E-state index in [1.54, 1.807) is 36.5 Å². The summed E-state index contributed by atoms with van der Waals surface area (Å²) in [6, 6.07) is 10.6. The molecule has 0 bridgehead atoms. The summed E-state index contributed by atoms with van der Waals surface area (Å²) in [7, 11) is 1.61. The topological polar surface area (TPSA) is 103 Å². The summed E-state index contributed by atoms with van der Waals surface area (Å²) in [4.78, 5) is 22.6. The maximum absolute atomic E-state index is 12.5. The number of benzene rings is 1. The fraction of sp³-hybridized carbons (Fsp3) is 0.263. The Kier molecular flexibility index (Phi) is 5.16. The van der Waals surface area contributed by atoms with Gasteiger partial charge in [-0.15, -0.1) is 0 Å². The Morgan fingerprint density at radius 2 is 2.14 bits per heavy atom. The molecule has 1 atom stereocenters. The normalized spacial score (nSPS) is 16.6. The van der Waals surface area contributed by atoms with Crippen molar-refractivity contribution < 1.29 is 18.8 Å². The number of hydrogen-bond acceptors (Lipinski definition) is 7. The van der Waals surface area contributed by atoms with Gasteiger partial charge in [-0.3, -0.25) is 4.98 Å². The molecule has 0 saturated carbocycles. The summed E-state index contributed by atoms with van der Waals surface area (Å²) < 4.78 is 16.2. The number of carbonyl (C=O) groups excluding carboxylic acids is 1. The lowest BCUT2D eigenvalue weighted by molar-refractivity contribution is -0.0190. The van der Waals surface area contributed by atoms with Crippen LogP contribution in [0.25, 0.3) is 11.5 Å². The van der Waals surface area contributed by atoms with E-state index in [2.05, 4.69) is 20.4 Å². The number of carbonyl (C=O) groups is 1. The van der Waals surface area contributed by atoms with E-state index >= 15 is 0 Å². The molecule has 9 heteroatoms. The number of pyridine rings is 1. The number of urea groups is 1. The summed E-state index contributed by atoms with van der Waals surface area (Å²) in [6.45, 7) is 1.19. The van der Waals surface area contributed by atoms with Crippen LogP contribution in [-0.2, 0) is 4.74 Å². The van der Waals surface area contributed by atoms with Gasteiger partial charge >= 0.3 is 6.03 Å². The molecule has 9 nitrogen and oxygen atoms in total. The number of anilines is 1. The van der Waals surface area contributed by atoms with Crippen LogP contribution in [0, 0.1) is 0 Å². The Morgan fingerprint density at radius 3 is 2.89 bits per heavy atom. The summed E-state index contributed by atoms with van der Waals surface area (Å²) in [6.07, 6.45) is 2.79. The molecule has 1 fully saturated rings. The van der Waals surface area contributed by atoms with E-state index in [1.165, 1.54) is 0 Å². The van der Waals surface area contributed by atoms with Crippen molar-refractivity contribution in [3.63, 3.8) is 0 Å². The average molecular weight is 381 g/mol. The number of hydrogen-bond donors (Lipinski definition) is 1. The van der Waals surface area contributed by atoms with E-state index in [0.717, 1.165) is 11.3 Å². The summed E-state index contributed by atoms with van der Waals surface area (Å²) in [5, 5.41) is 6.84. The monoisotopic (exact) mass is 381 g/mol. The second-order valence-electron chi connectivity index (χ2n) is 6.16. The molecule has 1 aliphatic rings. The van der Waals surface area contributed by atoms with Crippen LogP contribution in [0.3, 0.4) is 0 Å². The highest BCUT2D eigenvalue weighted by atomic mass is 16.5. The summed E-state index contributed by atoms with van der Waals surface area (Å²) in [5.41, 5.74) is 1.42. The molecule has 2 aromatic heterocycles. The Bertz CT molecular complexity index is 929. The highest BCUT2D eigenvalue weighted by Gasteiger charge is 2.29. The first kappa shape index (κ1) is 17.9. The standard InChI is InChI=1S/C19H19N5O4/c1-26-15-6-4-13(5-7-15)18-22-17(23-28-18)16-12-24(9-10-27-16)19(25)21-14-3-2-8-20-11-14/h2-8,11,16H,9-10,12H2,1H3,(H,21,25). The SMILES string of the molecule is COc1ccc(-c2nc(C3CN(C(=O)Nc4cccnc4)CCO3)no2)cc1. The quantitative estimate of drug-likeness (QED) is 0.741. The molecule has 4 rings (SSSR count). The number of methoxy groups -OCH3 is 1. The van der Waals surface area contributed by atoms with Crippen molar-refractivity contribution in [1.29, 1.82) is 0 Å². The minimum absolute atomic E-state index is 0.222. The van der Waals surface area contributed by atoms with Crippen LogP contribution in [0.2, 0.25) is 0 Å². The number of ether oxygens (including phenoxy) is 2. The van der Waals surface area contributed by atoms with Gasteiger partial charge in [0.1, 0.15) is 11.9 Å². The van der Waals surface area contributed by atoms with E-state index in [9.17, 15) is 4.79 Å². The van der Waals surface area contributed by atoms with Crippen molar-refractivity contribution in [3.05, 3.63) is 54.6 Å². The molecule has 1 N–H and O–H groups in total. The summed E-state index contributed by atoms with van der Waals surface area (Å²) >= 11 is 0. The summed E-state index contributed by atoms with van der Waals surface area (Å²) in [5.74, 6) is 1.54. The molecule has 144 valence electrons. The zero-order valence-electron chi connectivity index (χ0n) is 15.2. The highest BCUT2D eigenvalue weighted by Crippen LogP contribution is 2.25. The Balaban J connectivity index is 1.43. The van der Waals surface area contributed by atoms with Crippen LogP contribution < -0.4 is 10.1 Å². The van der Waals surface area contributed by atoms with Crippen molar-refractivity contribution in [3.8, 4) is 17.2 Å². The Morgan fingerprint density at radius 1 is 1.29 bits per heavy atom. The molecule has 1 saturated heterocycles. The van der Waals surface area contributed by atoms with Gasteiger partial charge in [0.25, 0.3) is 5.89 Å². The third-order valence-corrected chi connectivity index (χ3v) is 4.33. The zero-order valence-corrected chi connectivity index (χ0v) is 15.2. The fourth-order valence-electron chi connectivity index (χ4n) is 2.85. The van der Waals surface area contributed by atoms with Crippen molar-refractivity contribution in [2.45, 2.75) is 6.10 Å². The maximum atomic E-state index is 12.5. The Hall–Kier alpha value is -3.46. The van der Waals surface area contributed by atoms with Crippen molar-refractivity contribution >= 4 is 11.7 Å². The molecular weight excluding hydrogens is 362 g/mol. The molecule has 1 aliphatic heterocycles. The molecule has 0 radical (unpaired) electrons. The largest absolute Gasteiger partial charge is 0.497 e. The number of rotatable bonds is 4. The lowest BCUT2D eigenvalue weighted by Crippen LogP contribution is -2.44. The van der Waals surface area contributed by atoms with Crippen molar-refractivity contribution in [2.24, 2.45) is 0 Å². The van der Waals surface area contributed by atoms with Crippen LogP contribution in [0.4, 0.5) is 10.5 Å². The Labute approximate surface area is 161 Å². The predicted octanol–water partition coefficient (Wildman–Crippen LogP) is 2.75.